The van der Waals surface area contributed by atoms with E-state index < -0.39 is 27.8 Å². The summed E-state index contributed by atoms with van der Waals surface area (Å²) in [6, 6.07) is 16.3. The lowest BCUT2D eigenvalue weighted by molar-refractivity contribution is -0.384. The number of hydrogen-bond donors (Lipinski definition) is 2. The van der Waals surface area contributed by atoms with Crippen LogP contribution in [-0.2, 0) is 22.6 Å². The van der Waals surface area contributed by atoms with Crippen LogP contribution < -0.4 is 0 Å². The molecule has 3 aliphatic heterocycles. The van der Waals surface area contributed by atoms with Gasteiger partial charge >= 0.3 is 5.97 Å². The topological polar surface area (TPSA) is 124 Å². The number of likely N-dealkylation sites (tertiary alicyclic amines) is 1. The zero-order chi connectivity index (χ0) is 27.0. The number of aliphatic hydroxyl groups excluding tert-OH is 1. The average molecular weight is 556 g/mol. The Bertz CT molecular complexity index is 1270. The molecule has 11 heteroatoms. The van der Waals surface area contributed by atoms with Gasteiger partial charge in [-0.05, 0) is 30.5 Å². The number of nitro groups is 1. The number of nitrogens with zero attached hydrogens (tertiary/aromatic N) is 3. The first-order valence-corrected chi connectivity index (χ1v) is 14.3. The summed E-state index contributed by atoms with van der Waals surface area (Å²) in [5.74, 6) is -2.32. The number of amides is 1. The van der Waals surface area contributed by atoms with Gasteiger partial charge in [0.15, 0.2) is 5.70 Å². The zero-order valence-electron chi connectivity index (χ0n) is 20.9. The lowest BCUT2D eigenvalue weighted by atomic mass is 9.77. The fourth-order valence-corrected chi connectivity index (χ4v) is 9.17. The normalized spacial score (nSPS) is 25.8. The summed E-state index contributed by atoms with van der Waals surface area (Å²) < 4.78 is 0.588. The number of aliphatic carboxylic acids is 1. The second-order valence-electron chi connectivity index (χ2n) is 9.86. The summed E-state index contributed by atoms with van der Waals surface area (Å²) >= 11 is 2.86. The number of carbonyl (C=O) groups is 2. The summed E-state index contributed by atoms with van der Waals surface area (Å²) in [4.78, 5) is 39.1. The van der Waals surface area contributed by atoms with Gasteiger partial charge in [0.05, 0.1) is 21.2 Å². The first kappa shape index (κ1) is 26.7. The fourth-order valence-electron chi connectivity index (χ4n) is 5.55. The van der Waals surface area contributed by atoms with Gasteiger partial charge in [-0.3, -0.25) is 24.7 Å². The van der Waals surface area contributed by atoms with Crippen LogP contribution in [0.5, 0.6) is 0 Å². The Kier molecular flexibility index (Phi) is 7.54. The molecule has 5 rings (SSSR count). The highest BCUT2D eigenvalue weighted by molar-refractivity contribution is 8.23. The second-order valence-corrected chi connectivity index (χ2v) is 12.8. The Balaban J connectivity index is 1.39. The molecule has 3 heterocycles. The van der Waals surface area contributed by atoms with E-state index in [9.17, 15) is 29.9 Å². The monoisotopic (exact) mass is 555 g/mol. The van der Waals surface area contributed by atoms with Crippen LogP contribution in [0, 0.1) is 16.0 Å². The number of benzene rings is 2. The molecule has 4 atom stereocenters. The molecular weight excluding hydrogens is 526 g/mol. The maximum Gasteiger partial charge on any atom is 0.354 e. The van der Waals surface area contributed by atoms with Crippen molar-refractivity contribution in [3.05, 3.63) is 85.8 Å². The van der Waals surface area contributed by atoms with Crippen molar-refractivity contribution >= 4 is 41.1 Å². The van der Waals surface area contributed by atoms with Crippen LogP contribution in [0.25, 0.3) is 0 Å². The minimum Gasteiger partial charge on any atom is -0.477 e. The summed E-state index contributed by atoms with van der Waals surface area (Å²) in [5, 5.41) is 32.2. The van der Waals surface area contributed by atoms with Crippen LogP contribution in [0.4, 0.5) is 5.69 Å². The third kappa shape index (κ3) is 4.84. The van der Waals surface area contributed by atoms with Crippen LogP contribution in [0.15, 0.2) is 64.5 Å². The van der Waals surface area contributed by atoms with Gasteiger partial charge in [-0.2, -0.15) is 0 Å². The minimum absolute atomic E-state index is 0.0204. The predicted octanol–water partition coefficient (Wildman–Crippen LogP) is 4.07. The smallest absolute Gasteiger partial charge is 0.354 e. The predicted molar refractivity (Wildman–Crippen MR) is 146 cm³/mol. The van der Waals surface area contributed by atoms with E-state index in [1.54, 1.807) is 19.1 Å². The van der Waals surface area contributed by atoms with Gasteiger partial charge in [0.1, 0.15) is 4.87 Å². The van der Waals surface area contributed by atoms with Gasteiger partial charge < -0.3 is 10.2 Å². The molecule has 200 valence electrons. The summed E-state index contributed by atoms with van der Waals surface area (Å²) in [7, 11) is 0. The van der Waals surface area contributed by atoms with E-state index in [1.165, 1.54) is 46.1 Å². The van der Waals surface area contributed by atoms with Crippen LogP contribution in [0.3, 0.4) is 0 Å². The van der Waals surface area contributed by atoms with Crippen molar-refractivity contribution in [1.82, 2.24) is 9.80 Å². The lowest BCUT2D eigenvalue weighted by Gasteiger charge is -2.54. The highest BCUT2D eigenvalue weighted by atomic mass is 32.2. The number of non-ortho nitro benzene ring substituents is 1. The SMILES string of the molecule is CC[C@H](O)[C@@H]1C(=O)N2C(C(=O)O)=C(S[C@H]3CCN(Cc4ccccc4)C3)S[C@]12Cc1ccc([N+](=O)[O-])cc1. The molecule has 0 aliphatic carbocycles. The summed E-state index contributed by atoms with van der Waals surface area (Å²) in [6.07, 6.45) is 0.610. The molecule has 2 aromatic carbocycles. The Labute approximate surface area is 229 Å². The van der Waals surface area contributed by atoms with Crippen LogP contribution >= 0.6 is 23.5 Å². The molecule has 9 nitrogen and oxygen atoms in total. The van der Waals surface area contributed by atoms with Gasteiger partial charge in [0, 0.05) is 36.9 Å². The van der Waals surface area contributed by atoms with Crippen molar-refractivity contribution in [2.75, 3.05) is 13.1 Å². The van der Waals surface area contributed by atoms with Gasteiger partial charge in [-0.25, -0.2) is 4.79 Å². The Morgan fingerprint density at radius 1 is 1.21 bits per heavy atom. The highest BCUT2D eigenvalue weighted by Gasteiger charge is 2.68. The van der Waals surface area contributed by atoms with Crippen LogP contribution in [-0.4, -0.2) is 66.1 Å². The number of carboxylic acids is 1. The number of nitro benzene ring substituents is 1. The number of hydrogen-bond acceptors (Lipinski definition) is 8. The van der Waals surface area contributed by atoms with Crippen molar-refractivity contribution in [3.8, 4) is 0 Å². The zero-order valence-corrected chi connectivity index (χ0v) is 22.5. The molecule has 0 aromatic heterocycles. The number of rotatable bonds is 10. The van der Waals surface area contributed by atoms with E-state index in [1.807, 2.05) is 18.2 Å². The second kappa shape index (κ2) is 10.7. The molecule has 0 radical (unpaired) electrons. The molecule has 2 saturated heterocycles. The molecule has 0 spiro atoms. The Morgan fingerprint density at radius 3 is 2.55 bits per heavy atom. The third-order valence-electron chi connectivity index (χ3n) is 7.40. The van der Waals surface area contributed by atoms with E-state index >= 15 is 0 Å². The highest BCUT2D eigenvalue weighted by Crippen LogP contribution is 2.63. The average Bonchev–Trinajstić information content (AvgIpc) is 3.44. The molecule has 0 unspecified atom stereocenters. The first-order chi connectivity index (χ1) is 18.2. The Hall–Kier alpha value is -2.86. The van der Waals surface area contributed by atoms with Crippen molar-refractivity contribution in [1.29, 1.82) is 0 Å². The molecule has 0 bridgehead atoms. The van der Waals surface area contributed by atoms with Gasteiger partial charge in [-0.15, -0.1) is 11.8 Å². The van der Waals surface area contributed by atoms with E-state index in [2.05, 4.69) is 17.0 Å². The molecule has 2 N–H and O–H groups in total. The van der Waals surface area contributed by atoms with Gasteiger partial charge in [-0.1, -0.05) is 61.2 Å². The maximum absolute atomic E-state index is 13.3. The first-order valence-electron chi connectivity index (χ1n) is 12.6. The molecule has 2 fully saturated rings. The van der Waals surface area contributed by atoms with Crippen LogP contribution in [0.2, 0.25) is 0 Å². The number of carbonyl (C=O) groups excluding carboxylic acids is 1. The molecule has 1 amide bonds. The molecular formula is C27H29N3O6S2. The fraction of sp³-hybridized carbons (Fsp3) is 0.407. The lowest BCUT2D eigenvalue weighted by Crippen LogP contribution is -2.71. The van der Waals surface area contributed by atoms with E-state index in [-0.39, 0.29) is 29.0 Å². The van der Waals surface area contributed by atoms with Crippen molar-refractivity contribution < 1.29 is 24.7 Å². The van der Waals surface area contributed by atoms with Crippen molar-refractivity contribution in [2.24, 2.45) is 5.92 Å². The van der Waals surface area contributed by atoms with Gasteiger partial charge in [0.25, 0.3) is 5.69 Å². The van der Waals surface area contributed by atoms with E-state index in [0.717, 1.165) is 31.6 Å². The number of thioether (sulfide) groups is 2. The molecule has 3 aliphatic rings. The minimum atomic E-state index is -1.16. The Morgan fingerprint density at radius 2 is 1.92 bits per heavy atom. The van der Waals surface area contributed by atoms with E-state index in [0.29, 0.717) is 10.7 Å². The van der Waals surface area contributed by atoms with Crippen molar-refractivity contribution in [2.45, 2.75) is 49.0 Å². The van der Waals surface area contributed by atoms with Crippen LogP contribution in [0.1, 0.15) is 30.9 Å². The molecule has 0 saturated carbocycles. The summed E-state index contributed by atoms with van der Waals surface area (Å²) in [5.41, 5.74) is 1.90. The molecule has 2 aromatic rings. The third-order valence-corrected chi connectivity index (χ3v) is 10.4. The largest absolute Gasteiger partial charge is 0.477 e. The summed E-state index contributed by atoms with van der Waals surface area (Å²) in [6.45, 7) is 4.33. The quantitative estimate of drug-likeness (QED) is 0.254. The van der Waals surface area contributed by atoms with E-state index in [4.69, 9.17) is 0 Å². The number of β-lactam (4-membered cyclic amide) rings is 1. The maximum atomic E-state index is 13.3. The number of fused-ring (bicyclic) bond motifs is 1. The number of aliphatic hydroxyl groups is 1. The van der Waals surface area contributed by atoms with Gasteiger partial charge in [0.2, 0.25) is 5.91 Å². The molecule has 38 heavy (non-hydrogen) atoms. The number of carboxylic acid groups (broad SMARTS) is 1. The standard InChI is InChI=1S/C27H29N3O6S2/c1-2-21(31)22-24(32)29-23(25(33)34)26(37-20-12-13-28(16-20)15-18-6-4-3-5-7-18)38-27(22,29)14-17-8-10-19(11-9-17)30(35)36/h3-11,20-22,31H,2,12-16H2,1H3,(H,33,34)/t20-,21-,22+,27+/m0/s1. The van der Waals surface area contributed by atoms with Crippen molar-refractivity contribution in [3.63, 3.8) is 0 Å².